The highest BCUT2D eigenvalue weighted by Gasteiger charge is 2.35. The molecule has 3 aromatic rings. The fraction of sp³-hybridized carbons (Fsp3) is 0.286. The smallest absolute Gasteiger partial charge is 0.260 e. The number of hydrogen-bond acceptors (Lipinski definition) is 5. The van der Waals surface area contributed by atoms with Gasteiger partial charge in [-0.05, 0) is 42.7 Å². The largest absolute Gasteiger partial charge is 0.480 e. The quantitative estimate of drug-likeness (QED) is 0.642. The Hall–Kier alpha value is -2.86. The van der Waals surface area contributed by atoms with E-state index in [0.29, 0.717) is 35.3 Å². The molecular formula is C21H20ClN3O3. The maximum Gasteiger partial charge on any atom is 0.260 e. The lowest BCUT2D eigenvalue weighted by molar-refractivity contribution is 0.0710. The van der Waals surface area contributed by atoms with Gasteiger partial charge in [-0.15, -0.1) is 0 Å². The van der Waals surface area contributed by atoms with Crippen LogP contribution in [-0.2, 0) is 6.42 Å². The summed E-state index contributed by atoms with van der Waals surface area (Å²) in [5, 5.41) is 0.702. The van der Waals surface area contributed by atoms with E-state index in [1.807, 2.05) is 24.3 Å². The highest BCUT2D eigenvalue weighted by molar-refractivity contribution is 6.30. The number of carbonyl (C=O) groups excluding carboxylic acids is 1. The van der Waals surface area contributed by atoms with Crippen molar-refractivity contribution in [2.45, 2.75) is 25.3 Å². The summed E-state index contributed by atoms with van der Waals surface area (Å²) >= 11 is 5.94. The third-order valence-corrected chi connectivity index (χ3v) is 5.11. The van der Waals surface area contributed by atoms with Crippen molar-refractivity contribution in [2.24, 2.45) is 0 Å². The van der Waals surface area contributed by atoms with Gasteiger partial charge in [0.25, 0.3) is 5.91 Å². The van der Waals surface area contributed by atoms with Gasteiger partial charge in [-0.25, -0.2) is 9.97 Å². The van der Waals surface area contributed by atoms with E-state index in [0.717, 1.165) is 24.2 Å². The maximum atomic E-state index is 13.1. The number of nitrogens with zero attached hydrogens (tertiary/aromatic N) is 3. The molecule has 3 heterocycles. The van der Waals surface area contributed by atoms with Gasteiger partial charge in [-0.1, -0.05) is 23.7 Å². The Bertz CT molecular complexity index is 971. The number of hydrogen-bond donors (Lipinski definition) is 0. The highest BCUT2D eigenvalue weighted by Crippen LogP contribution is 2.34. The van der Waals surface area contributed by atoms with E-state index < -0.39 is 0 Å². The molecule has 0 saturated carbocycles. The van der Waals surface area contributed by atoms with Gasteiger partial charge >= 0.3 is 0 Å². The SMILES string of the molecule is COc1ncccc1C(=O)N1CCC[C@@H]1c1ncc(Cc2ccc(Cl)cc2)o1. The zero-order valence-electron chi connectivity index (χ0n) is 15.5. The van der Waals surface area contributed by atoms with Gasteiger partial charge in [0, 0.05) is 24.2 Å². The van der Waals surface area contributed by atoms with Gasteiger partial charge in [0.1, 0.15) is 17.4 Å². The van der Waals surface area contributed by atoms with E-state index in [4.69, 9.17) is 20.8 Å². The summed E-state index contributed by atoms with van der Waals surface area (Å²) in [6.07, 6.45) is 5.67. The Labute approximate surface area is 168 Å². The zero-order valence-corrected chi connectivity index (χ0v) is 16.2. The fourth-order valence-electron chi connectivity index (χ4n) is 3.50. The molecule has 28 heavy (non-hydrogen) atoms. The standard InChI is InChI=1S/C21H20ClN3O3/c1-27-19-17(4-2-10-23-19)21(26)25-11-3-5-18(25)20-24-13-16(28-20)12-14-6-8-15(22)9-7-14/h2,4,6-10,13,18H,3,5,11-12H2,1H3/t18-/m1/s1. The van der Waals surface area contributed by atoms with Crippen molar-refractivity contribution in [3.63, 3.8) is 0 Å². The summed E-state index contributed by atoms with van der Waals surface area (Å²) in [7, 11) is 1.51. The minimum Gasteiger partial charge on any atom is -0.480 e. The molecule has 1 atom stereocenters. The minimum absolute atomic E-state index is 0.120. The minimum atomic E-state index is -0.184. The number of benzene rings is 1. The number of ether oxygens (including phenoxy) is 1. The van der Waals surface area contributed by atoms with E-state index in [-0.39, 0.29) is 11.9 Å². The normalized spacial score (nSPS) is 16.4. The second-order valence-electron chi connectivity index (χ2n) is 6.68. The van der Waals surface area contributed by atoms with Crippen molar-refractivity contribution >= 4 is 17.5 Å². The third-order valence-electron chi connectivity index (χ3n) is 4.86. The van der Waals surface area contributed by atoms with Crippen LogP contribution < -0.4 is 4.74 Å². The van der Waals surface area contributed by atoms with Crippen LogP contribution in [-0.4, -0.2) is 34.4 Å². The molecule has 2 aromatic heterocycles. The van der Waals surface area contributed by atoms with Crippen molar-refractivity contribution < 1.29 is 13.9 Å². The van der Waals surface area contributed by atoms with Crippen molar-refractivity contribution in [1.29, 1.82) is 0 Å². The van der Waals surface area contributed by atoms with E-state index in [1.165, 1.54) is 7.11 Å². The van der Waals surface area contributed by atoms with E-state index >= 15 is 0 Å². The monoisotopic (exact) mass is 397 g/mol. The Morgan fingerprint density at radius 2 is 2.11 bits per heavy atom. The molecule has 7 heteroatoms. The molecule has 6 nitrogen and oxygen atoms in total. The van der Waals surface area contributed by atoms with Gasteiger partial charge in [-0.3, -0.25) is 4.79 Å². The molecule has 0 aliphatic carbocycles. The molecule has 0 radical (unpaired) electrons. The lowest BCUT2D eigenvalue weighted by Crippen LogP contribution is -2.31. The van der Waals surface area contributed by atoms with Gasteiger partial charge < -0.3 is 14.1 Å². The van der Waals surface area contributed by atoms with E-state index in [2.05, 4.69) is 9.97 Å². The fourth-order valence-corrected chi connectivity index (χ4v) is 3.63. The Morgan fingerprint density at radius 1 is 1.29 bits per heavy atom. The molecule has 0 unspecified atom stereocenters. The van der Waals surface area contributed by atoms with Crippen molar-refractivity contribution in [3.05, 3.63) is 76.6 Å². The zero-order chi connectivity index (χ0) is 19.5. The topological polar surface area (TPSA) is 68.5 Å². The summed E-state index contributed by atoms with van der Waals surface area (Å²) in [5.41, 5.74) is 1.54. The number of halogens is 1. The first-order valence-electron chi connectivity index (χ1n) is 9.14. The van der Waals surface area contributed by atoms with Crippen LogP contribution in [0.1, 0.15) is 46.5 Å². The van der Waals surface area contributed by atoms with Gasteiger partial charge in [-0.2, -0.15) is 0 Å². The maximum absolute atomic E-state index is 13.1. The molecule has 144 valence electrons. The average molecular weight is 398 g/mol. The van der Waals surface area contributed by atoms with Crippen LogP contribution in [0.15, 0.2) is 53.2 Å². The van der Waals surface area contributed by atoms with Gasteiger partial charge in [0.15, 0.2) is 0 Å². The molecule has 0 bridgehead atoms. The molecule has 1 saturated heterocycles. The van der Waals surface area contributed by atoms with Crippen LogP contribution in [0, 0.1) is 0 Å². The van der Waals surface area contributed by atoms with Crippen LogP contribution in [0.5, 0.6) is 5.88 Å². The number of carbonyl (C=O) groups is 1. The number of pyridine rings is 1. The van der Waals surface area contributed by atoms with Gasteiger partial charge in [0.05, 0.1) is 13.3 Å². The molecule has 1 fully saturated rings. The highest BCUT2D eigenvalue weighted by atomic mass is 35.5. The van der Waals surface area contributed by atoms with E-state index in [1.54, 1.807) is 29.4 Å². The van der Waals surface area contributed by atoms with Crippen LogP contribution >= 0.6 is 11.6 Å². The van der Waals surface area contributed by atoms with Crippen molar-refractivity contribution in [1.82, 2.24) is 14.9 Å². The Kier molecular flexibility index (Phi) is 5.30. The van der Waals surface area contributed by atoms with Crippen molar-refractivity contribution in [3.8, 4) is 5.88 Å². The molecule has 0 N–H and O–H groups in total. The molecule has 1 aromatic carbocycles. The molecule has 1 amide bonds. The van der Waals surface area contributed by atoms with Crippen LogP contribution in [0.3, 0.4) is 0 Å². The number of amides is 1. The first kappa shape index (κ1) is 18.5. The number of methoxy groups -OCH3 is 1. The predicted molar refractivity (Wildman–Crippen MR) is 105 cm³/mol. The molecule has 1 aliphatic heterocycles. The first-order valence-corrected chi connectivity index (χ1v) is 9.52. The lowest BCUT2D eigenvalue weighted by atomic mass is 10.1. The molecular weight excluding hydrogens is 378 g/mol. The second-order valence-corrected chi connectivity index (χ2v) is 7.12. The number of oxazole rings is 1. The second kappa shape index (κ2) is 8.02. The molecule has 1 aliphatic rings. The summed E-state index contributed by atoms with van der Waals surface area (Å²) in [4.78, 5) is 23.4. The van der Waals surface area contributed by atoms with Crippen molar-refractivity contribution in [2.75, 3.05) is 13.7 Å². The summed E-state index contributed by atoms with van der Waals surface area (Å²) in [6, 6.07) is 10.9. The van der Waals surface area contributed by atoms with Crippen LogP contribution in [0.2, 0.25) is 5.02 Å². The first-order chi connectivity index (χ1) is 13.7. The summed E-state index contributed by atoms with van der Waals surface area (Å²) in [6.45, 7) is 0.649. The third kappa shape index (κ3) is 3.73. The van der Waals surface area contributed by atoms with Gasteiger partial charge in [0.2, 0.25) is 11.8 Å². The number of rotatable bonds is 5. The molecule has 4 rings (SSSR count). The predicted octanol–water partition coefficient (Wildman–Crippen LogP) is 4.30. The molecule has 0 spiro atoms. The van der Waals surface area contributed by atoms with E-state index in [9.17, 15) is 4.79 Å². The van der Waals surface area contributed by atoms with Crippen LogP contribution in [0.4, 0.5) is 0 Å². The summed E-state index contributed by atoms with van der Waals surface area (Å²) in [5.74, 6) is 1.53. The Balaban J connectivity index is 1.53. The number of aromatic nitrogens is 2. The summed E-state index contributed by atoms with van der Waals surface area (Å²) < 4.78 is 11.2. The average Bonchev–Trinajstić information content (AvgIpc) is 3.38. The van der Waals surface area contributed by atoms with Crippen LogP contribution in [0.25, 0.3) is 0 Å². The number of likely N-dealkylation sites (tertiary alicyclic amines) is 1. The lowest BCUT2D eigenvalue weighted by Gasteiger charge is -2.22. The Morgan fingerprint density at radius 3 is 2.89 bits per heavy atom.